The summed E-state index contributed by atoms with van der Waals surface area (Å²) in [4.78, 5) is 0. The highest BCUT2D eigenvalue weighted by Gasteiger charge is 2.17. The Balaban J connectivity index is 0.988. The molecule has 0 bridgehead atoms. The third kappa shape index (κ3) is 5.17. The van der Waals surface area contributed by atoms with Crippen LogP contribution >= 0.6 is 11.3 Å². The number of rotatable bonds is 5. The van der Waals surface area contributed by atoms with Crippen LogP contribution in [-0.4, -0.2) is 4.57 Å². The molecule has 0 radical (unpaired) electrons. The minimum Gasteiger partial charge on any atom is -0.456 e. The summed E-state index contributed by atoms with van der Waals surface area (Å²) in [5, 5.41) is 7.43. The van der Waals surface area contributed by atoms with Gasteiger partial charge in [0, 0.05) is 47.4 Å². The third-order valence-electron chi connectivity index (χ3n) is 11.6. The standard InChI is InChI=1S/C54H33NOS/c1-2-10-35(11-3-1)41-26-25-40(33-45(41)36-20-18-34(19-21-36)37-23-28-52-47(31-37)43-13-5-8-16-51(43)56-52)55-49-15-7-4-12-42(49)46-30-38(22-27-50(46)55)39-24-29-54-48(32-39)44-14-6-9-17-53(44)57-54/h1-33H. The molecule has 0 atom stereocenters. The van der Waals surface area contributed by atoms with Crippen molar-refractivity contribution in [3.63, 3.8) is 0 Å². The van der Waals surface area contributed by atoms with Crippen LogP contribution in [0.1, 0.15) is 0 Å². The minimum atomic E-state index is 0.913. The van der Waals surface area contributed by atoms with Gasteiger partial charge in [-0.3, -0.25) is 0 Å². The van der Waals surface area contributed by atoms with Crippen LogP contribution in [0.25, 0.3) is 114 Å². The van der Waals surface area contributed by atoms with E-state index in [1.807, 2.05) is 23.5 Å². The topological polar surface area (TPSA) is 18.1 Å². The average Bonchev–Trinajstić information content (AvgIpc) is 3.95. The third-order valence-corrected chi connectivity index (χ3v) is 12.8. The van der Waals surface area contributed by atoms with E-state index in [0.717, 1.165) is 27.6 Å². The zero-order valence-corrected chi connectivity index (χ0v) is 31.6. The molecule has 0 aliphatic rings. The monoisotopic (exact) mass is 743 g/mol. The first-order valence-electron chi connectivity index (χ1n) is 19.4. The SMILES string of the molecule is c1ccc(-c2ccc(-n3c4ccccc4c4cc(-c5ccc6sc7ccccc7c6c5)ccc43)cc2-c2ccc(-c3ccc4oc5ccccc5c4c3)cc2)cc1. The summed E-state index contributed by atoms with van der Waals surface area (Å²) in [6.07, 6.45) is 0. The van der Waals surface area contributed by atoms with Crippen molar-refractivity contribution in [3.05, 3.63) is 200 Å². The molecule has 3 heterocycles. The van der Waals surface area contributed by atoms with Crippen LogP contribution in [0.2, 0.25) is 0 Å². The zero-order chi connectivity index (χ0) is 37.5. The summed E-state index contributed by atoms with van der Waals surface area (Å²) in [6.45, 7) is 0. The molecule has 9 aromatic carbocycles. The number of para-hydroxylation sites is 2. The number of benzene rings is 9. The lowest BCUT2D eigenvalue weighted by atomic mass is 9.92. The smallest absolute Gasteiger partial charge is 0.135 e. The molecular formula is C54H33NOS. The Morgan fingerprint density at radius 2 is 0.895 bits per heavy atom. The number of hydrogen-bond acceptors (Lipinski definition) is 2. The van der Waals surface area contributed by atoms with Gasteiger partial charge in [0.25, 0.3) is 0 Å². The quantitative estimate of drug-likeness (QED) is 0.172. The molecule has 0 N–H and O–H groups in total. The zero-order valence-electron chi connectivity index (χ0n) is 30.8. The second kappa shape index (κ2) is 12.7. The molecule has 0 unspecified atom stereocenters. The van der Waals surface area contributed by atoms with Gasteiger partial charge in [0.2, 0.25) is 0 Å². The van der Waals surface area contributed by atoms with Crippen LogP contribution in [-0.2, 0) is 0 Å². The highest BCUT2D eigenvalue weighted by molar-refractivity contribution is 7.25. The molecule has 0 amide bonds. The molecule has 0 fully saturated rings. The van der Waals surface area contributed by atoms with Crippen molar-refractivity contribution in [3.8, 4) is 50.2 Å². The summed E-state index contributed by atoms with van der Waals surface area (Å²) in [6, 6.07) is 72.9. The lowest BCUT2D eigenvalue weighted by molar-refractivity contribution is 0.669. The summed E-state index contributed by atoms with van der Waals surface area (Å²) >= 11 is 1.86. The maximum atomic E-state index is 6.12. The van der Waals surface area contributed by atoms with Crippen molar-refractivity contribution in [1.82, 2.24) is 4.57 Å². The maximum absolute atomic E-state index is 6.12. The Morgan fingerprint density at radius 3 is 1.77 bits per heavy atom. The van der Waals surface area contributed by atoms with E-state index in [1.165, 1.54) is 86.5 Å². The maximum Gasteiger partial charge on any atom is 0.135 e. The number of nitrogens with zero attached hydrogens (tertiary/aromatic N) is 1. The molecule has 0 aliphatic carbocycles. The predicted molar refractivity (Wildman–Crippen MR) is 243 cm³/mol. The Morgan fingerprint density at radius 1 is 0.316 bits per heavy atom. The van der Waals surface area contributed by atoms with Gasteiger partial charge in [-0.25, -0.2) is 0 Å². The van der Waals surface area contributed by atoms with E-state index in [-0.39, 0.29) is 0 Å². The number of thiophene rings is 1. The van der Waals surface area contributed by atoms with E-state index < -0.39 is 0 Å². The van der Waals surface area contributed by atoms with Crippen LogP contribution in [0.15, 0.2) is 205 Å². The Labute approximate surface area is 333 Å². The summed E-state index contributed by atoms with van der Waals surface area (Å²) in [7, 11) is 0. The van der Waals surface area contributed by atoms with E-state index in [4.69, 9.17) is 4.42 Å². The minimum absolute atomic E-state index is 0.913. The van der Waals surface area contributed by atoms with Crippen LogP contribution < -0.4 is 0 Å². The van der Waals surface area contributed by atoms with Crippen LogP contribution in [0.5, 0.6) is 0 Å². The van der Waals surface area contributed by atoms with Gasteiger partial charge in [0.05, 0.1) is 11.0 Å². The molecule has 12 rings (SSSR count). The van der Waals surface area contributed by atoms with E-state index in [2.05, 4.69) is 193 Å². The summed E-state index contributed by atoms with van der Waals surface area (Å²) in [5.74, 6) is 0. The van der Waals surface area contributed by atoms with Gasteiger partial charge in [0.1, 0.15) is 11.2 Å². The highest BCUT2D eigenvalue weighted by Crippen LogP contribution is 2.41. The fraction of sp³-hybridized carbons (Fsp3) is 0. The Hall–Kier alpha value is -7.20. The van der Waals surface area contributed by atoms with Crippen molar-refractivity contribution in [2.75, 3.05) is 0 Å². The van der Waals surface area contributed by atoms with Gasteiger partial charge in [-0.15, -0.1) is 11.3 Å². The van der Waals surface area contributed by atoms with Gasteiger partial charge < -0.3 is 8.98 Å². The molecule has 2 nitrogen and oxygen atoms in total. The molecule has 57 heavy (non-hydrogen) atoms. The van der Waals surface area contributed by atoms with Crippen molar-refractivity contribution >= 4 is 75.3 Å². The number of fused-ring (bicyclic) bond motifs is 9. The molecule has 0 saturated heterocycles. The summed E-state index contributed by atoms with van der Waals surface area (Å²) in [5.41, 5.74) is 14.9. The van der Waals surface area contributed by atoms with E-state index >= 15 is 0 Å². The van der Waals surface area contributed by atoms with Crippen LogP contribution in [0, 0.1) is 0 Å². The van der Waals surface area contributed by atoms with Gasteiger partial charge in [-0.2, -0.15) is 0 Å². The molecule has 0 spiro atoms. The first-order chi connectivity index (χ1) is 28.2. The number of aromatic nitrogens is 1. The molecule has 3 aromatic heterocycles. The average molecular weight is 744 g/mol. The molecule has 12 aromatic rings. The lowest BCUT2D eigenvalue weighted by Gasteiger charge is -2.16. The normalized spacial score (nSPS) is 11.9. The molecule has 3 heteroatoms. The van der Waals surface area contributed by atoms with Gasteiger partial charge in [0.15, 0.2) is 0 Å². The fourth-order valence-electron chi connectivity index (χ4n) is 8.86. The first-order valence-corrected chi connectivity index (χ1v) is 20.2. The first kappa shape index (κ1) is 32.1. The largest absolute Gasteiger partial charge is 0.456 e. The molecular weight excluding hydrogens is 711 g/mol. The van der Waals surface area contributed by atoms with Gasteiger partial charge >= 0.3 is 0 Å². The Kier molecular flexibility index (Phi) is 7.13. The van der Waals surface area contributed by atoms with Crippen molar-refractivity contribution in [2.45, 2.75) is 0 Å². The van der Waals surface area contributed by atoms with E-state index in [0.29, 0.717) is 0 Å². The van der Waals surface area contributed by atoms with Crippen LogP contribution in [0.3, 0.4) is 0 Å². The summed E-state index contributed by atoms with van der Waals surface area (Å²) < 4.78 is 11.2. The predicted octanol–water partition coefficient (Wildman–Crippen LogP) is 15.7. The molecule has 266 valence electrons. The van der Waals surface area contributed by atoms with Crippen molar-refractivity contribution < 1.29 is 4.42 Å². The fourth-order valence-corrected chi connectivity index (χ4v) is 9.95. The highest BCUT2D eigenvalue weighted by atomic mass is 32.1. The second-order valence-electron chi connectivity index (χ2n) is 14.9. The number of hydrogen-bond donors (Lipinski definition) is 0. The van der Waals surface area contributed by atoms with E-state index in [1.54, 1.807) is 0 Å². The second-order valence-corrected chi connectivity index (χ2v) is 16.0. The van der Waals surface area contributed by atoms with Crippen LogP contribution in [0.4, 0.5) is 0 Å². The lowest BCUT2D eigenvalue weighted by Crippen LogP contribution is -1.96. The van der Waals surface area contributed by atoms with Gasteiger partial charge in [-0.1, -0.05) is 133 Å². The van der Waals surface area contributed by atoms with Crippen molar-refractivity contribution in [1.29, 1.82) is 0 Å². The molecule has 0 saturated carbocycles. The van der Waals surface area contributed by atoms with Gasteiger partial charge in [-0.05, 0) is 111 Å². The van der Waals surface area contributed by atoms with Crippen molar-refractivity contribution in [2.24, 2.45) is 0 Å². The molecule has 0 aliphatic heterocycles. The number of furan rings is 1. The Bertz CT molecular complexity index is 3510. The van der Waals surface area contributed by atoms with E-state index in [9.17, 15) is 0 Å².